The van der Waals surface area contributed by atoms with Gasteiger partial charge in [0.2, 0.25) is 5.88 Å². The Hall–Kier alpha value is -3.60. The normalized spacial score (nSPS) is 29.3. The second kappa shape index (κ2) is 12.2. The molecule has 0 fully saturated rings. The number of rotatable bonds is 9. The summed E-state index contributed by atoms with van der Waals surface area (Å²) in [5, 5.41) is 10.8. The molecule has 7 rings (SSSR count). The van der Waals surface area contributed by atoms with Gasteiger partial charge in [-0.1, -0.05) is 87.3 Å². The highest BCUT2D eigenvalue weighted by molar-refractivity contribution is 5.66. The lowest BCUT2D eigenvalue weighted by molar-refractivity contribution is 0.148. The van der Waals surface area contributed by atoms with Crippen LogP contribution < -0.4 is 4.74 Å². The molecule has 0 spiro atoms. The number of nitrogens with zero attached hydrogens (tertiary/aromatic N) is 2. The number of hydrogen-bond acceptors (Lipinski definition) is 5. The zero-order chi connectivity index (χ0) is 29.3. The van der Waals surface area contributed by atoms with E-state index in [1.807, 2.05) is 6.08 Å². The molecule has 6 unspecified atom stereocenters. The first kappa shape index (κ1) is 28.2. The summed E-state index contributed by atoms with van der Waals surface area (Å²) < 4.78 is 13.2. The molecule has 1 aliphatic heterocycles. The van der Waals surface area contributed by atoms with Crippen LogP contribution in [-0.4, -0.2) is 27.8 Å². The lowest BCUT2D eigenvalue weighted by Gasteiger charge is -2.39. The molecule has 0 saturated heterocycles. The van der Waals surface area contributed by atoms with Gasteiger partial charge in [0.1, 0.15) is 11.9 Å². The van der Waals surface area contributed by atoms with Crippen LogP contribution in [-0.2, 0) is 4.74 Å². The van der Waals surface area contributed by atoms with E-state index in [4.69, 9.17) is 19.4 Å². The Labute approximate surface area is 256 Å². The standard InChI is InChI=1S/C38H44N2O3/c1-3-5-12-24(4-2)23-42-35-22-31(39-38(40-35)29-17-10-11-18-32(29)41)30-21-34-37(28-16-9-8-15-27(28)30)36-26-14-7-6-13-25(26)19-20-33(36)43-34/h6,8-9,11,13,15-16,18-20,22,24,27-28,30,33,36,41H,3-5,7,10,12,14,17,21,23H2,1-2H3. The molecule has 1 N–H and O–H groups in total. The topological polar surface area (TPSA) is 64.5 Å². The van der Waals surface area contributed by atoms with Crippen LogP contribution in [0.2, 0.25) is 0 Å². The Morgan fingerprint density at radius 2 is 1.88 bits per heavy atom. The number of fused-ring (bicyclic) bond motifs is 5. The van der Waals surface area contributed by atoms with E-state index in [0.717, 1.165) is 62.0 Å². The van der Waals surface area contributed by atoms with Gasteiger partial charge in [-0.15, -0.1) is 0 Å². The summed E-state index contributed by atoms with van der Waals surface area (Å²) in [7, 11) is 0. The van der Waals surface area contributed by atoms with Crippen molar-refractivity contribution in [3.05, 3.63) is 107 Å². The Morgan fingerprint density at radius 1 is 1.02 bits per heavy atom. The fourth-order valence-corrected chi connectivity index (χ4v) is 7.92. The zero-order valence-electron chi connectivity index (χ0n) is 25.5. The molecule has 6 aliphatic rings. The predicted molar refractivity (Wildman–Crippen MR) is 171 cm³/mol. The largest absolute Gasteiger partial charge is 0.508 e. The van der Waals surface area contributed by atoms with Gasteiger partial charge in [-0.2, -0.15) is 4.98 Å². The third-order valence-electron chi connectivity index (χ3n) is 10.3. The van der Waals surface area contributed by atoms with Crippen LogP contribution >= 0.6 is 0 Å². The minimum atomic E-state index is 0.0824. The summed E-state index contributed by atoms with van der Waals surface area (Å²) in [6.45, 7) is 5.13. The van der Waals surface area contributed by atoms with E-state index in [9.17, 15) is 5.11 Å². The van der Waals surface area contributed by atoms with Gasteiger partial charge in [0, 0.05) is 35.8 Å². The van der Waals surface area contributed by atoms with E-state index in [-0.39, 0.29) is 29.6 Å². The second-order valence-electron chi connectivity index (χ2n) is 12.9. The summed E-state index contributed by atoms with van der Waals surface area (Å²) in [5.74, 6) is 4.11. The number of aliphatic hydroxyl groups is 1. The number of allylic oxidation sites excluding steroid dienone is 12. The highest BCUT2D eigenvalue weighted by atomic mass is 16.5. The van der Waals surface area contributed by atoms with Crippen LogP contribution in [0.15, 0.2) is 95.1 Å². The summed E-state index contributed by atoms with van der Waals surface area (Å²) in [5.41, 5.74) is 6.18. The maximum Gasteiger partial charge on any atom is 0.217 e. The van der Waals surface area contributed by atoms with E-state index in [1.54, 1.807) is 11.6 Å². The Kier molecular flexibility index (Phi) is 7.99. The number of ether oxygens (including phenoxy) is 2. The third kappa shape index (κ3) is 5.36. The Balaban J connectivity index is 1.26. The van der Waals surface area contributed by atoms with Crippen molar-refractivity contribution in [2.24, 2.45) is 23.7 Å². The average molecular weight is 577 g/mol. The molecule has 0 saturated carbocycles. The molecule has 1 aromatic rings. The van der Waals surface area contributed by atoms with Gasteiger partial charge in [-0.3, -0.25) is 0 Å². The van der Waals surface area contributed by atoms with Crippen molar-refractivity contribution in [3.63, 3.8) is 0 Å². The van der Waals surface area contributed by atoms with Crippen molar-refractivity contribution in [1.82, 2.24) is 9.97 Å². The van der Waals surface area contributed by atoms with Crippen LogP contribution in [0, 0.1) is 23.7 Å². The van der Waals surface area contributed by atoms with Gasteiger partial charge >= 0.3 is 0 Å². The van der Waals surface area contributed by atoms with Crippen LogP contribution in [0.25, 0.3) is 5.57 Å². The summed E-state index contributed by atoms with van der Waals surface area (Å²) in [6.07, 6.45) is 31.4. The first-order valence-electron chi connectivity index (χ1n) is 16.6. The van der Waals surface area contributed by atoms with Crippen molar-refractivity contribution < 1.29 is 14.6 Å². The number of aromatic nitrogens is 2. The lowest BCUT2D eigenvalue weighted by atomic mass is 9.63. The average Bonchev–Trinajstić information content (AvgIpc) is 3.44. The number of unbranched alkanes of at least 4 members (excludes halogenated alkanes) is 1. The van der Waals surface area contributed by atoms with E-state index < -0.39 is 0 Å². The van der Waals surface area contributed by atoms with Gasteiger partial charge < -0.3 is 14.6 Å². The van der Waals surface area contributed by atoms with Crippen molar-refractivity contribution in [2.45, 2.75) is 83.7 Å². The highest BCUT2D eigenvalue weighted by Gasteiger charge is 2.49. The monoisotopic (exact) mass is 576 g/mol. The Morgan fingerprint density at radius 3 is 2.74 bits per heavy atom. The molecule has 0 radical (unpaired) electrons. The maximum atomic E-state index is 10.8. The van der Waals surface area contributed by atoms with Crippen molar-refractivity contribution >= 4 is 5.57 Å². The summed E-state index contributed by atoms with van der Waals surface area (Å²) in [6, 6.07) is 2.07. The van der Waals surface area contributed by atoms with Gasteiger partial charge in [0.05, 0.1) is 18.1 Å². The zero-order valence-corrected chi connectivity index (χ0v) is 25.5. The van der Waals surface area contributed by atoms with Crippen LogP contribution in [0.4, 0.5) is 0 Å². The van der Waals surface area contributed by atoms with E-state index in [1.165, 1.54) is 24.0 Å². The second-order valence-corrected chi connectivity index (χ2v) is 12.9. The van der Waals surface area contributed by atoms with Crippen molar-refractivity contribution in [1.29, 1.82) is 0 Å². The summed E-state index contributed by atoms with van der Waals surface area (Å²) in [4.78, 5) is 10.1. The smallest absolute Gasteiger partial charge is 0.217 e. The number of hydrogen-bond donors (Lipinski definition) is 1. The van der Waals surface area contributed by atoms with E-state index in [0.29, 0.717) is 30.1 Å². The molecular formula is C38H44N2O3. The van der Waals surface area contributed by atoms with Crippen LogP contribution in [0.5, 0.6) is 5.88 Å². The first-order chi connectivity index (χ1) is 21.1. The van der Waals surface area contributed by atoms with Crippen LogP contribution in [0.3, 0.4) is 0 Å². The molecule has 6 atom stereocenters. The maximum absolute atomic E-state index is 10.8. The molecule has 5 nitrogen and oxygen atoms in total. The fraction of sp³-hybridized carbons (Fsp3) is 0.474. The molecule has 5 heteroatoms. The van der Waals surface area contributed by atoms with E-state index in [2.05, 4.69) is 68.5 Å². The number of aliphatic hydroxyl groups excluding tert-OH is 1. The van der Waals surface area contributed by atoms with Crippen molar-refractivity contribution in [2.75, 3.05) is 6.61 Å². The minimum Gasteiger partial charge on any atom is -0.508 e. The van der Waals surface area contributed by atoms with Gasteiger partial charge in [0.15, 0.2) is 5.82 Å². The minimum absolute atomic E-state index is 0.0824. The highest BCUT2D eigenvalue weighted by Crippen LogP contribution is 2.56. The molecule has 224 valence electrons. The summed E-state index contributed by atoms with van der Waals surface area (Å²) >= 11 is 0. The van der Waals surface area contributed by atoms with Gasteiger partial charge in [0.25, 0.3) is 0 Å². The lowest BCUT2D eigenvalue weighted by Crippen LogP contribution is -2.32. The van der Waals surface area contributed by atoms with Crippen molar-refractivity contribution in [3.8, 4) is 5.88 Å². The SMILES string of the molecule is CCCCC(CC)COc1cc(C2CC3=C(C4C=CC=CC42)C2C4=C(C=CCC4)C=CC2O3)nc(C2=C(O)C=CCC2)n1. The molecule has 0 aromatic carbocycles. The first-order valence-corrected chi connectivity index (χ1v) is 16.6. The molecular weight excluding hydrogens is 532 g/mol. The molecule has 1 aromatic heterocycles. The molecule has 5 aliphatic carbocycles. The van der Waals surface area contributed by atoms with Crippen LogP contribution in [0.1, 0.15) is 89.1 Å². The Bertz CT molecular complexity index is 1500. The quantitative estimate of drug-likeness (QED) is 0.318. The fourth-order valence-electron chi connectivity index (χ4n) is 7.92. The molecule has 0 bridgehead atoms. The third-order valence-corrected chi connectivity index (χ3v) is 10.3. The van der Waals surface area contributed by atoms with E-state index >= 15 is 0 Å². The molecule has 0 amide bonds. The molecule has 43 heavy (non-hydrogen) atoms. The molecule has 2 heterocycles. The predicted octanol–water partition coefficient (Wildman–Crippen LogP) is 9.02. The van der Waals surface area contributed by atoms with Gasteiger partial charge in [-0.05, 0) is 67.2 Å². The van der Waals surface area contributed by atoms with Gasteiger partial charge in [-0.25, -0.2) is 4.98 Å².